The third kappa shape index (κ3) is 6.32. The Bertz CT molecular complexity index is 1370. The van der Waals surface area contributed by atoms with Crippen molar-refractivity contribution in [3.63, 3.8) is 0 Å². The van der Waals surface area contributed by atoms with E-state index in [2.05, 4.69) is 15.3 Å². The fourth-order valence-electron chi connectivity index (χ4n) is 3.06. The Balaban J connectivity index is 1.90. The third-order valence-electron chi connectivity index (χ3n) is 4.83. The van der Waals surface area contributed by atoms with Crippen LogP contribution in [0.25, 0.3) is 0 Å². The Labute approximate surface area is 203 Å². The molecule has 2 heterocycles. The number of hydrogen-bond donors (Lipinski definition) is 1. The molecule has 0 radical (unpaired) electrons. The quantitative estimate of drug-likeness (QED) is 0.397. The number of nitrogens with one attached hydrogen (secondary N) is 1. The number of aromatic nitrogens is 2. The van der Waals surface area contributed by atoms with Crippen LogP contribution in [0.3, 0.4) is 0 Å². The summed E-state index contributed by atoms with van der Waals surface area (Å²) in [6, 6.07) is 10.00. The molecule has 0 spiro atoms. The minimum Gasteiger partial charge on any atom is -0.493 e. The molecule has 0 aliphatic rings. The third-order valence-corrected chi connectivity index (χ3v) is 9.09. The van der Waals surface area contributed by atoms with Crippen LogP contribution >= 0.6 is 0 Å². The maximum Gasteiger partial charge on any atom is 0.256 e. The molecule has 1 N–H and O–H groups in total. The van der Waals surface area contributed by atoms with Crippen molar-refractivity contribution in [1.82, 2.24) is 19.0 Å². The molecule has 0 aliphatic heterocycles. The van der Waals surface area contributed by atoms with E-state index in [-0.39, 0.29) is 28.5 Å². The van der Waals surface area contributed by atoms with Crippen LogP contribution in [0.15, 0.2) is 72.1 Å². The molecule has 1 aromatic carbocycles. The van der Waals surface area contributed by atoms with Crippen LogP contribution < -0.4 is 14.8 Å². The molecule has 35 heavy (non-hydrogen) atoms. The molecule has 3 rings (SSSR count). The number of methoxy groups -OCH3 is 2. The summed E-state index contributed by atoms with van der Waals surface area (Å²) in [6.07, 6.45) is 5.69. The highest BCUT2D eigenvalue weighted by Crippen LogP contribution is 2.32. The van der Waals surface area contributed by atoms with E-state index >= 15 is 0 Å². The van der Waals surface area contributed by atoms with Gasteiger partial charge < -0.3 is 14.8 Å². The SMILES string of the molecule is COc1ccc(S(=O)(=O)N(Cc2cccnc2)S(=O)(=O)CCNC(=O)c2cccnc2)cc1OC. The number of amides is 1. The van der Waals surface area contributed by atoms with E-state index in [1.54, 1.807) is 18.2 Å². The van der Waals surface area contributed by atoms with Crippen molar-refractivity contribution in [2.75, 3.05) is 26.5 Å². The molecule has 13 heteroatoms. The first-order chi connectivity index (χ1) is 16.7. The van der Waals surface area contributed by atoms with E-state index in [0.717, 1.165) is 0 Å². The van der Waals surface area contributed by atoms with Crippen molar-refractivity contribution in [2.24, 2.45) is 0 Å². The van der Waals surface area contributed by atoms with Gasteiger partial charge in [0, 0.05) is 37.4 Å². The van der Waals surface area contributed by atoms with Crippen LogP contribution in [0.2, 0.25) is 0 Å². The van der Waals surface area contributed by atoms with E-state index in [4.69, 9.17) is 9.47 Å². The lowest BCUT2D eigenvalue weighted by Crippen LogP contribution is -2.41. The normalized spacial score (nSPS) is 11.7. The number of benzene rings is 1. The average molecular weight is 521 g/mol. The number of sulfonamides is 2. The number of carbonyl (C=O) groups excluding carboxylic acids is 1. The van der Waals surface area contributed by atoms with E-state index in [1.165, 1.54) is 63.3 Å². The summed E-state index contributed by atoms with van der Waals surface area (Å²) in [5, 5.41) is 2.47. The minimum atomic E-state index is -4.56. The zero-order chi connectivity index (χ0) is 25.5. The van der Waals surface area contributed by atoms with Gasteiger partial charge in [0.05, 0.1) is 37.0 Å². The van der Waals surface area contributed by atoms with Gasteiger partial charge in [0.15, 0.2) is 11.5 Å². The van der Waals surface area contributed by atoms with Gasteiger partial charge in [0.1, 0.15) is 0 Å². The molecule has 1 amide bonds. The molecule has 11 nitrogen and oxygen atoms in total. The van der Waals surface area contributed by atoms with Crippen molar-refractivity contribution in [3.05, 3.63) is 78.4 Å². The first-order valence-corrected chi connectivity index (χ1v) is 13.3. The van der Waals surface area contributed by atoms with Gasteiger partial charge in [0.25, 0.3) is 15.9 Å². The second kappa shape index (κ2) is 11.3. The topological polar surface area (TPSA) is 145 Å². The highest BCUT2D eigenvalue weighted by Gasteiger charge is 2.36. The van der Waals surface area contributed by atoms with Gasteiger partial charge >= 0.3 is 0 Å². The minimum absolute atomic E-state index is 0.121. The summed E-state index contributed by atoms with van der Waals surface area (Å²) >= 11 is 0. The lowest BCUT2D eigenvalue weighted by Gasteiger charge is -2.22. The fourth-order valence-corrected chi connectivity index (χ4v) is 6.70. The van der Waals surface area contributed by atoms with Crippen molar-refractivity contribution >= 4 is 26.0 Å². The number of nitrogens with zero attached hydrogens (tertiary/aromatic N) is 3. The molecular weight excluding hydrogens is 496 g/mol. The van der Waals surface area contributed by atoms with Gasteiger partial charge in [-0.2, -0.15) is 0 Å². The summed E-state index contributed by atoms with van der Waals surface area (Å²) in [4.78, 5) is 19.7. The van der Waals surface area contributed by atoms with Crippen molar-refractivity contribution < 1.29 is 31.1 Å². The fraction of sp³-hybridized carbons (Fsp3) is 0.227. The Morgan fingerprint density at radius 2 is 1.63 bits per heavy atom. The summed E-state index contributed by atoms with van der Waals surface area (Å²) in [5.74, 6) is -0.789. The summed E-state index contributed by atoms with van der Waals surface area (Å²) in [7, 11) is -6.25. The maximum absolute atomic E-state index is 13.5. The lowest BCUT2D eigenvalue weighted by molar-refractivity contribution is 0.0955. The Morgan fingerprint density at radius 3 is 2.23 bits per heavy atom. The molecule has 0 atom stereocenters. The average Bonchev–Trinajstić information content (AvgIpc) is 2.87. The second-order valence-electron chi connectivity index (χ2n) is 7.13. The van der Waals surface area contributed by atoms with Gasteiger partial charge in [0.2, 0.25) is 10.0 Å². The highest BCUT2D eigenvalue weighted by atomic mass is 32.3. The number of hydrogen-bond acceptors (Lipinski definition) is 9. The smallest absolute Gasteiger partial charge is 0.256 e. The van der Waals surface area contributed by atoms with Crippen LogP contribution in [-0.4, -0.2) is 62.9 Å². The molecule has 0 bridgehead atoms. The Kier molecular flexibility index (Phi) is 8.38. The maximum atomic E-state index is 13.5. The van der Waals surface area contributed by atoms with E-state index in [0.29, 0.717) is 9.27 Å². The van der Waals surface area contributed by atoms with Crippen LogP contribution in [0.5, 0.6) is 11.5 Å². The van der Waals surface area contributed by atoms with Crippen LogP contribution in [0.1, 0.15) is 15.9 Å². The van der Waals surface area contributed by atoms with E-state index in [1.807, 2.05) is 0 Å². The predicted octanol–water partition coefficient (Wildman–Crippen LogP) is 1.44. The van der Waals surface area contributed by atoms with Crippen molar-refractivity contribution in [3.8, 4) is 11.5 Å². The molecule has 0 unspecified atom stereocenters. The van der Waals surface area contributed by atoms with Crippen LogP contribution in [0.4, 0.5) is 0 Å². The van der Waals surface area contributed by atoms with Gasteiger partial charge in [-0.1, -0.05) is 9.78 Å². The summed E-state index contributed by atoms with van der Waals surface area (Å²) in [5.41, 5.74) is 0.606. The summed E-state index contributed by atoms with van der Waals surface area (Å²) in [6.45, 7) is -0.801. The zero-order valence-electron chi connectivity index (χ0n) is 19.0. The Morgan fingerprint density at radius 1 is 0.943 bits per heavy atom. The van der Waals surface area contributed by atoms with Crippen molar-refractivity contribution in [2.45, 2.75) is 11.4 Å². The molecule has 2 aromatic heterocycles. The van der Waals surface area contributed by atoms with Crippen molar-refractivity contribution in [1.29, 1.82) is 0 Å². The van der Waals surface area contributed by atoms with Gasteiger partial charge in [-0.15, -0.1) is 0 Å². The van der Waals surface area contributed by atoms with E-state index < -0.39 is 38.3 Å². The largest absolute Gasteiger partial charge is 0.493 e. The molecule has 0 saturated heterocycles. The number of carbonyl (C=O) groups is 1. The number of rotatable bonds is 11. The van der Waals surface area contributed by atoms with Gasteiger partial charge in [-0.05, 0) is 35.9 Å². The first kappa shape index (κ1) is 26.1. The molecule has 186 valence electrons. The van der Waals surface area contributed by atoms with Gasteiger partial charge in [-0.3, -0.25) is 14.8 Å². The monoisotopic (exact) mass is 520 g/mol. The lowest BCUT2D eigenvalue weighted by atomic mass is 10.3. The number of pyridine rings is 2. The molecule has 0 saturated carbocycles. The summed E-state index contributed by atoms with van der Waals surface area (Å²) < 4.78 is 64.2. The van der Waals surface area contributed by atoms with Gasteiger partial charge in [-0.25, -0.2) is 16.8 Å². The first-order valence-electron chi connectivity index (χ1n) is 10.2. The second-order valence-corrected chi connectivity index (χ2v) is 11.2. The van der Waals surface area contributed by atoms with Crippen LogP contribution in [-0.2, 0) is 26.6 Å². The highest BCUT2D eigenvalue weighted by molar-refractivity contribution is 8.04. The zero-order valence-corrected chi connectivity index (χ0v) is 20.6. The predicted molar refractivity (Wildman–Crippen MR) is 127 cm³/mol. The molecule has 0 fully saturated rings. The van der Waals surface area contributed by atoms with E-state index in [9.17, 15) is 21.6 Å². The molecule has 3 aromatic rings. The van der Waals surface area contributed by atoms with Crippen LogP contribution in [0, 0.1) is 0 Å². The Hall–Kier alpha value is -3.55. The molecule has 0 aliphatic carbocycles. The molecular formula is C22H24N4O7S2. The number of ether oxygens (including phenoxy) is 2. The standard InChI is InChI=1S/C22H24N4O7S2/c1-32-20-8-7-19(13-21(20)33-2)35(30,31)26(16-17-5-3-9-23-14-17)34(28,29)12-11-25-22(27)18-6-4-10-24-15-18/h3-10,13-15H,11-12,16H2,1-2H3,(H,25,27).